The number of aryl methyl sites for hydroxylation is 1. The number of pyridine rings is 1. The number of amides is 1. The van der Waals surface area contributed by atoms with Crippen LogP contribution in [0.1, 0.15) is 60.5 Å². The number of carbonyl (C=O) groups is 1. The van der Waals surface area contributed by atoms with Gasteiger partial charge in [0.15, 0.2) is 0 Å². The Labute approximate surface area is 172 Å². The minimum Gasteiger partial charge on any atom is -0.343 e. The summed E-state index contributed by atoms with van der Waals surface area (Å²) in [4.78, 5) is 19.4. The summed E-state index contributed by atoms with van der Waals surface area (Å²) in [6, 6.07) is 11.0. The number of likely N-dealkylation sites (tertiary alicyclic amines) is 1. The van der Waals surface area contributed by atoms with Crippen molar-refractivity contribution in [2.75, 3.05) is 13.1 Å². The van der Waals surface area contributed by atoms with Crippen molar-refractivity contribution in [1.29, 1.82) is 0 Å². The predicted octanol–water partition coefficient (Wildman–Crippen LogP) is 5.18. The van der Waals surface area contributed by atoms with E-state index in [1.807, 2.05) is 24.0 Å². The van der Waals surface area contributed by atoms with Crippen LogP contribution in [0.5, 0.6) is 0 Å². The molecule has 1 saturated heterocycles. The molecule has 2 aliphatic rings. The maximum Gasteiger partial charge on any atom is 0.223 e. The fraction of sp³-hybridized carbons (Fsp3) is 0.440. The Morgan fingerprint density at radius 3 is 2.55 bits per heavy atom. The molecule has 1 aliphatic heterocycles. The van der Waals surface area contributed by atoms with Crippen molar-refractivity contribution in [3.05, 3.63) is 76.9 Å². The molecule has 152 valence electrons. The van der Waals surface area contributed by atoms with Crippen LogP contribution in [-0.2, 0) is 11.2 Å². The van der Waals surface area contributed by atoms with Crippen molar-refractivity contribution in [3.63, 3.8) is 0 Å². The van der Waals surface area contributed by atoms with Crippen LogP contribution in [0.4, 0.5) is 4.39 Å². The third-order valence-electron chi connectivity index (χ3n) is 6.17. The molecular weight excluding hydrogens is 363 g/mol. The first-order valence-corrected chi connectivity index (χ1v) is 10.7. The second-order valence-corrected chi connectivity index (χ2v) is 8.47. The van der Waals surface area contributed by atoms with Gasteiger partial charge >= 0.3 is 0 Å². The lowest BCUT2D eigenvalue weighted by molar-refractivity contribution is -0.132. The van der Waals surface area contributed by atoms with Crippen LogP contribution >= 0.6 is 0 Å². The topological polar surface area (TPSA) is 33.2 Å². The minimum atomic E-state index is -0.203. The summed E-state index contributed by atoms with van der Waals surface area (Å²) in [5.41, 5.74) is 4.47. The molecule has 1 aliphatic carbocycles. The second-order valence-electron chi connectivity index (χ2n) is 8.47. The van der Waals surface area contributed by atoms with Gasteiger partial charge in [-0.05, 0) is 80.3 Å². The Morgan fingerprint density at radius 1 is 1.10 bits per heavy atom. The van der Waals surface area contributed by atoms with Gasteiger partial charge < -0.3 is 4.90 Å². The standard InChI is InChI=1S/C25H29FN2O/c1-18-14-21(15-20-6-8-23(26)9-7-20)16-24(27-18)22-10-12-28(13-11-22)25(29)17-19-4-2-3-5-19/h2,4,6-9,14,16,19,22H,3,5,10-13,15,17H2,1H3/t19-/m0/s1. The summed E-state index contributed by atoms with van der Waals surface area (Å²) in [5.74, 6) is 0.935. The van der Waals surface area contributed by atoms with Gasteiger partial charge in [-0.25, -0.2) is 4.39 Å². The highest BCUT2D eigenvalue weighted by molar-refractivity contribution is 5.76. The maximum atomic E-state index is 13.2. The largest absolute Gasteiger partial charge is 0.343 e. The number of halogens is 1. The van der Waals surface area contributed by atoms with Gasteiger partial charge in [0, 0.05) is 36.8 Å². The van der Waals surface area contributed by atoms with E-state index < -0.39 is 0 Å². The Balaban J connectivity index is 1.37. The van der Waals surface area contributed by atoms with Crippen molar-refractivity contribution in [2.45, 2.75) is 51.4 Å². The summed E-state index contributed by atoms with van der Waals surface area (Å²) in [5, 5.41) is 0. The quantitative estimate of drug-likeness (QED) is 0.657. The number of hydrogen-bond acceptors (Lipinski definition) is 2. The second kappa shape index (κ2) is 8.89. The van der Waals surface area contributed by atoms with E-state index >= 15 is 0 Å². The van der Waals surface area contributed by atoms with Crippen LogP contribution < -0.4 is 0 Å². The van der Waals surface area contributed by atoms with E-state index in [4.69, 9.17) is 4.98 Å². The highest BCUT2D eigenvalue weighted by atomic mass is 19.1. The van der Waals surface area contributed by atoms with Gasteiger partial charge in [0.2, 0.25) is 5.91 Å². The summed E-state index contributed by atoms with van der Waals surface area (Å²) in [7, 11) is 0. The molecule has 1 aromatic heterocycles. The number of piperidine rings is 1. The van der Waals surface area contributed by atoms with Gasteiger partial charge in [0.05, 0.1) is 0 Å². The highest BCUT2D eigenvalue weighted by Crippen LogP contribution is 2.29. The third kappa shape index (κ3) is 5.11. The van der Waals surface area contributed by atoms with Crippen LogP contribution in [0, 0.1) is 18.7 Å². The van der Waals surface area contributed by atoms with Gasteiger partial charge in [0.25, 0.3) is 0 Å². The summed E-state index contributed by atoms with van der Waals surface area (Å²) < 4.78 is 13.2. The molecule has 0 spiro atoms. The molecule has 0 bridgehead atoms. The molecule has 0 saturated carbocycles. The molecule has 1 atom stereocenters. The molecular formula is C25H29FN2O. The van der Waals surface area contributed by atoms with Gasteiger partial charge in [0.1, 0.15) is 5.82 Å². The zero-order valence-electron chi connectivity index (χ0n) is 17.1. The molecule has 1 aromatic carbocycles. The maximum absolute atomic E-state index is 13.2. The third-order valence-corrected chi connectivity index (χ3v) is 6.17. The van der Waals surface area contributed by atoms with Crippen molar-refractivity contribution in [3.8, 4) is 0 Å². The molecule has 4 heteroatoms. The monoisotopic (exact) mass is 392 g/mol. The first-order valence-electron chi connectivity index (χ1n) is 10.7. The van der Waals surface area contributed by atoms with E-state index in [0.717, 1.165) is 62.1 Å². The summed E-state index contributed by atoms with van der Waals surface area (Å²) in [6.45, 7) is 3.68. The molecule has 1 fully saturated rings. The fourth-order valence-electron chi connectivity index (χ4n) is 4.56. The Hall–Kier alpha value is -2.49. The number of aromatic nitrogens is 1. The number of benzene rings is 1. The van der Waals surface area contributed by atoms with Gasteiger partial charge in [-0.2, -0.15) is 0 Å². The normalized spacial score (nSPS) is 19.7. The number of rotatable bonds is 5. The van der Waals surface area contributed by atoms with Gasteiger partial charge in [-0.15, -0.1) is 0 Å². The Kier molecular flexibility index (Phi) is 6.08. The predicted molar refractivity (Wildman–Crippen MR) is 113 cm³/mol. The van der Waals surface area contributed by atoms with Crippen molar-refractivity contribution < 1.29 is 9.18 Å². The van der Waals surface area contributed by atoms with Crippen molar-refractivity contribution in [1.82, 2.24) is 9.88 Å². The Bertz CT molecular complexity index is 882. The van der Waals surface area contributed by atoms with Crippen LogP contribution in [0.3, 0.4) is 0 Å². The van der Waals surface area contributed by atoms with E-state index in [2.05, 4.69) is 24.3 Å². The molecule has 0 unspecified atom stereocenters. The zero-order chi connectivity index (χ0) is 20.2. The smallest absolute Gasteiger partial charge is 0.223 e. The summed E-state index contributed by atoms with van der Waals surface area (Å²) >= 11 is 0. The van der Waals surface area contributed by atoms with Crippen LogP contribution in [0.2, 0.25) is 0 Å². The number of hydrogen-bond donors (Lipinski definition) is 0. The van der Waals surface area contributed by atoms with Crippen molar-refractivity contribution in [2.24, 2.45) is 5.92 Å². The number of nitrogens with zero attached hydrogens (tertiary/aromatic N) is 2. The average Bonchev–Trinajstić information content (AvgIpc) is 3.22. The lowest BCUT2D eigenvalue weighted by Gasteiger charge is -2.32. The summed E-state index contributed by atoms with van der Waals surface area (Å²) in [6.07, 6.45) is 10.00. The van der Waals surface area contributed by atoms with E-state index in [9.17, 15) is 9.18 Å². The first kappa shape index (κ1) is 19.8. The lowest BCUT2D eigenvalue weighted by atomic mass is 9.90. The van der Waals surface area contributed by atoms with Gasteiger partial charge in [-0.3, -0.25) is 9.78 Å². The average molecular weight is 393 g/mol. The van der Waals surface area contributed by atoms with Crippen LogP contribution in [0.25, 0.3) is 0 Å². The first-order chi connectivity index (χ1) is 14.1. The number of carbonyl (C=O) groups excluding carboxylic acids is 1. The lowest BCUT2D eigenvalue weighted by Crippen LogP contribution is -2.38. The SMILES string of the molecule is Cc1cc(Cc2ccc(F)cc2)cc(C2CCN(C(=O)C[C@H]3C=CCC3)CC2)n1. The molecule has 2 heterocycles. The molecule has 4 rings (SSSR count). The minimum absolute atomic E-state index is 0.203. The molecule has 0 radical (unpaired) electrons. The highest BCUT2D eigenvalue weighted by Gasteiger charge is 2.26. The molecule has 3 nitrogen and oxygen atoms in total. The number of allylic oxidation sites excluding steroid dienone is 2. The van der Waals surface area contributed by atoms with Crippen LogP contribution in [0.15, 0.2) is 48.6 Å². The van der Waals surface area contributed by atoms with E-state index in [1.54, 1.807) is 0 Å². The van der Waals surface area contributed by atoms with Gasteiger partial charge in [-0.1, -0.05) is 24.3 Å². The van der Waals surface area contributed by atoms with E-state index in [0.29, 0.717) is 24.2 Å². The Morgan fingerprint density at radius 2 is 1.86 bits per heavy atom. The van der Waals surface area contributed by atoms with E-state index in [-0.39, 0.29) is 5.82 Å². The fourth-order valence-corrected chi connectivity index (χ4v) is 4.56. The van der Waals surface area contributed by atoms with E-state index in [1.165, 1.54) is 17.7 Å². The van der Waals surface area contributed by atoms with Crippen molar-refractivity contribution >= 4 is 5.91 Å². The molecule has 0 N–H and O–H groups in total. The van der Waals surface area contributed by atoms with Crippen LogP contribution in [-0.4, -0.2) is 28.9 Å². The molecule has 1 amide bonds. The zero-order valence-corrected chi connectivity index (χ0v) is 17.1. The molecule has 2 aromatic rings. The molecule has 29 heavy (non-hydrogen) atoms.